The van der Waals surface area contributed by atoms with E-state index in [-0.39, 0.29) is 24.6 Å². The van der Waals surface area contributed by atoms with Gasteiger partial charge in [-0.15, -0.1) is 0 Å². The lowest BCUT2D eigenvalue weighted by Gasteiger charge is -2.31. The number of carboxylic acid groups (broad SMARTS) is 1. The number of rotatable bonds is 5. The number of benzene rings is 1. The molecule has 8 nitrogen and oxygen atoms in total. The molecular weight excluding hydrogens is 330 g/mol. The summed E-state index contributed by atoms with van der Waals surface area (Å²) in [6.45, 7) is -0.0116. The van der Waals surface area contributed by atoms with Crippen LogP contribution in [0.4, 0.5) is 5.69 Å². The van der Waals surface area contributed by atoms with Crippen molar-refractivity contribution in [3.63, 3.8) is 0 Å². The summed E-state index contributed by atoms with van der Waals surface area (Å²) in [6.07, 6.45) is 2.46. The average Bonchev–Trinajstić information content (AvgIpc) is 2.64. The fraction of sp³-hybridized carbons (Fsp3) is 0.235. The van der Waals surface area contributed by atoms with Crippen molar-refractivity contribution in [2.45, 2.75) is 0 Å². The highest BCUT2D eigenvalue weighted by Crippen LogP contribution is 2.27. The Bertz CT molecular complexity index is 734. The molecule has 2 rings (SSSR count). The topological polar surface area (TPSA) is 102 Å². The van der Waals surface area contributed by atoms with Gasteiger partial charge in [-0.3, -0.25) is 0 Å². The van der Waals surface area contributed by atoms with Gasteiger partial charge in [0.2, 0.25) is 0 Å². The third-order valence-electron chi connectivity index (χ3n) is 3.46. The number of esters is 2. The van der Waals surface area contributed by atoms with Gasteiger partial charge in [-0.25, -0.2) is 14.4 Å². The molecule has 0 atom stereocenters. The molecule has 0 aromatic heterocycles. The summed E-state index contributed by atoms with van der Waals surface area (Å²) >= 11 is 0. The van der Waals surface area contributed by atoms with Crippen molar-refractivity contribution in [3.05, 3.63) is 47.2 Å². The minimum absolute atomic E-state index is 0.0504. The van der Waals surface area contributed by atoms with Gasteiger partial charge in [0.1, 0.15) is 12.4 Å². The molecule has 0 saturated carbocycles. The first-order chi connectivity index (χ1) is 12.0. The van der Waals surface area contributed by atoms with E-state index in [2.05, 4.69) is 0 Å². The average molecular weight is 347 g/mol. The minimum atomic E-state index is -1.05. The van der Waals surface area contributed by atoms with E-state index in [9.17, 15) is 14.4 Å². The summed E-state index contributed by atoms with van der Waals surface area (Å²) in [5, 5.41) is 8.65. The lowest BCUT2D eigenvalue weighted by molar-refractivity contribution is -0.140. The zero-order valence-electron chi connectivity index (χ0n) is 13.7. The van der Waals surface area contributed by atoms with Gasteiger partial charge in [0.15, 0.2) is 0 Å². The first kappa shape index (κ1) is 18.2. The number of hydrogen-bond donors (Lipinski definition) is 1. The summed E-state index contributed by atoms with van der Waals surface area (Å²) in [5.74, 6) is -2.41. The second-order valence-corrected chi connectivity index (χ2v) is 4.98. The Balaban J connectivity index is 2.40. The maximum absolute atomic E-state index is 12.2. The van der Waals surface area contributed by atoms with Crippen LogP contribution in [-0.4, -0.2) is 50.6 Å². The molecule has 0 aliphatic carbocycles. The monoisotopic (exact) mass is 347 g/mol. The van der Waals surface area contributed by atoms with E-state index in [0.29, 0.717) is 11.3 Å². The number of aliphatic carboxylic acids is 1. The molecule has 0 bridgehead atoms. The van der Waals surface area contributed by atoms with Crippen molar-refractivity contribution < 1.29 is 33.7 Å². The molecule has 132 valence electrons. The van der Waals surface area contributed by atoms with Crippen LogP contribution in [0, 0.1) is 0 Å². The predicted octanol–water partition coefficient (Wildman–Crippen LogP) is 1.18. The van der Waals surface area contributed by atoms with E-state index < -0.39 is 17.9 Å². The molecule has 1 aliphatic rings. The zero-order chi connectivity index (χ0) is 18.4. The molecule has 0 amide bonds. The maximum Gasteiger partial charge on any atom is 0.355 e. The van der Waals surface area contributed by atoms with Gasteiger partial charge in [-0.2, -0.15) is 0 Å². The summed E-state index contributed by atoms with van der Waals surface area (Å²) in [7, 11) is 2.43. The fourth-order valence-electron chi connectivity index (χ4n) is 2.28. The van der Waals surface area contributed by atoms with Crippen LogP contribution in [0.3, 0.4) is 0 Å². The van der Waals surface area contributed by atoms with Gasteiger partial charge in [-0.05, 0) is 23.8 Å². The van der Waals surface area contributed by atoms with Crippen LogP contribution in [-0.2, 0) is 28.6 Å². The Morgan fingerprint density at radius 1 is 1.12 bits per heavy atom. The summed E-state index contributed by atoms with van der Waals surface area (Å²) in [6, 6.07) is 6.70. The highest BCUT2D eigenvalue weighted by atomic mass is 16.5. The zero-order valence-corrected chi connectivity index (χ0v) is 13.7. The van der Waals surface area contributed by atoms with Crippen LogP contribution < -0.4 is 4.90 Å². The van der Waals surface area contributed by atoms with Crippen LogP contribution in [0.5, 0.6) is 0 Å². The number of nitrogens with zero attached hydrogens (tertiary/aromatic N) is 1. The van der Waals surface area contributed by atoms with Crippen molar-refractivity contribution in [1.29, 1.82) is 0 Å². The molecule has 0 unspecified atom stereocenters. The number of anilines is 1. The Morgan fingerprint density at radius 2 is 1.76 bits per heavy atom. The summed E-state index contributed by atoms with van der Waals surface area (Å²) < 4.78 is 14.8. The quantitative estimate of drug-likeness (QED) is 0.626. The number of hydrogen-bond acceptors (Lipinski definition) is 7. The molecule has 8 heteroatoms. The van der Waals surface area contributed by atoms with Crippen LogP contribution in [0.1, 0.15) is 5.56 Å². The molecule has 1 aromatic carbocycles. The second-order valence-electron chi connectivity index (χ2n) is 4.98. The molecule has 1 N–H and O–H groups in total. The third-order valence-corrected chi connectivity index (χ3v) is 3.46. The lowest BCUT2D eigenvalue weighted by Crippen LogP contribution is -2.38. The Hall–Kier alpha value is -3.13. The molecular formula is C17H17NO7. The molecule has 0 spiro atoms. The fourth-order valence-corrected chi connectivity index (χ4v) is 2.28. The number of ether oxygens (including phenoxy) is 3. The van der Waals surface area contributed by atoms with Gasteiger partial charge < -0.3 is 24.2 Å². The largest absolute Gasteiger partial charge is 0.478 e. The van der Waals surface area contributed by atoms with Gasteiger partial charge in [0.25, 0.3) is 0 Å². The summed E-state index contributed by atoms with van der Waals surface area (Å²) in [4.78, 5) is 36.1. The van der Waals surface area contributed by atoms with E-state index in [1.54, 1.807) is 24.3 Å². The first-order valence-corrected chi connectivity index (χ1v) is 7.24. The van der Waals surface area contributed by atoms with Crippen LogP contribution in [0.15, 0.2) is 41.6 Å². The number of carbonyl (C=O) groups is 3. The van der Waals surface area contributed by atoms with E-state index in [4.69, 9.17) is 19.3 Å². The van der Waals surface area contributed by atoms with Gasteiger partial charge in [-0.1, -0.05) is 12.1 Å². The molecule has 1 heterocycles. The number of methoxy groups -OCH3 is 2. The van der Waals surface area contributed by atoms with E-state index in [0.717, 1.165) is 6.08 Å². The number of carbonyl (C=O) groups excluding carboxylic acids is 2. The van der Waals surface area contributed by atoms with Crippen LogP contribution in [0.2, 0.25) is 0 Å². The number of carboxylic acids is 1. The SMILES string of the molecule is COC(=O)C1=C(C(=O)OC)N(c2ccc(C=CC(=O)O)cc2)COC1. The standard InChI is InChI=1S/C17H17NO7/c1-23-16(21)13-9-25-10-18(15(13)17(22)24-2)12-6-3-11(4-7-12)5-8-14(19)20/h3-8H,9-10H2,1-2H3,(H,19,20). The van der Waals surface area contributed by atoms with Crippen LogP contribution >= 0.6 is 0 Å². The third kappa shape index (κ3) is 4.24. The first-order valence-electron chi connectivity index (χ1n) is 7.24. The minimum Gasteiger partial charge on any atom is -0.478 e. The highest BCUT2D eigenvalue weighted by molar-refractivity contribution is 6.03. The lowest BCUT2D eigenvalue weighted by atomic mass is 10.1. The van der Waals surface area contributed by atoms with Crippen molar-refractivity contribution in [1.82, 2.24) is 0 Å². The van der Waals surface area contributed by atoms with Gasteiger partial charge in [0.05, 0.1) is 26.4 Å². The smallest absolute Gasteiger partial charge is 0.355 e. The van der Waals surface area contributed by atoms with Crippen molar-refractivity contribution in [2.24, 2.45) is 0 Å². The van der Waals surface area contributed by atoms with Crippen molar-refractivity contribution in [2.75, 3.05) is 32.5 Å². The maximum atomic E-state index is 12.2. The molecule has 1 aliphatic heterocycles. The Labute approximate surface area is 143 Å². The van der Waals surface area contributed by atoms with Gasteiger partial charge in [0, 0.05) is 11.8 Å². The van der Waals surface area contributed by atoms with Crippen LogP contribution in [0.25, 0.3) is 6.08 Å². The Morgan fingerprint density at radius 3 is 2.32 bits per heavy atom. The molecule has 0 fully saturated rings. The highest BCUT2D eigenvalue weighted by Gasteiger charge is 2.32. The predicted molar refractivity (Wildman–Crippen MR) is 87.5 cm³/mol. The molecule has 1 aromatic rings. The van der Waals surface area contributed by atoms with E-state index in [1.165, 1.54) is 25.2 Å². The van der Waals surface area contributed by atoms with E-state index in [1.807, 2.05) is 0 Å². The van der Waals surface area contributed by atoms with Crippen molar-refractivity contribution in [3.8, 4) is 0 Å². The molecule has 0 saturated heterocycles. The molecule has 0 radical (unpaired) electrons. The van der Waals surface area contributed by atoms with Crippen molar-refractivity contribution >= 4 is 29.7 Å². The van der Waals surface area contributed by atoms with E-state index >= 15 is 0 Å². The Kier molecular flexibility index (Phi) is 5.91. The second kappa shape index (κ2) is 8.11. The molecule has 25 heavy (non-hydrogen) atoms. The normalized spacial score (nSPS) is 14.6. The van der Waals surface area contributed by atoms with Gasteiger partial charge >= 0.3 is 17.9 Å². The summed E-state index contributed by atoms with van der Waals surface area (Å²) in [5.41, 5.74) is 1.36.